The van der Waals surface area contributed by atoms with E-state index in [1.165, 1.54) is 42.8 Å². The minimum absolute atomic E-state index is 0.0516. The molecule has 3 aromatic rings. The van der Waals surface area contributed by atoms with Crippen molar-refractivity contribution in [2.75, 3.05) is 59.1 Å². The van der Waals surface area contributed by atoms with Crippen LogP contribution in [-0.2, 0) is 25.9 Å². The van der Waals surface area contributed by atoms with Crippen molar-refractivity contribution in [3.63, 3.8) is 0 Å². The van der Waals surface area contributed by atoms with Crippen molar-refractivity contribution in [2.24, 2.45) is 0 Å². The normalized spacial score (nSPS) is 13.1. The Kier molecular flexibility index (Phi) is 8.71. The number of hydrogen-bond donors (Lipinski definition) is 1. The molecule has 0 radical (unpaired) electrons. The van der Waals surface area contributed by atoms with E-state index in [4.69, 9.17) is 23.4 Å². The number of anilines is 1. The van der Waals surface area contributed by atoms with Crippen molar-refractivity contribution in [1.82, 2.24) is 14.5 Å². The van der Waals surface area contributed by atoms with Gasteiger partial charge in [0.05, 0.1) is 24.5 Å². The minimum Gasteiger partial charge on any atom is -0.486 e. The summed E-state index contributed by atoms with van der Waals surface area (Å²) in [6.45, 7) is 1.83. The molecule has 0 spiro atoms. The number of hydrogen-bond acceptors (Lipinski definition) is 10. The smallest absolute Gasteiger partial charge is 0.322 e. The maximum absolute atomic E-state index is 13.0. The number of carbonyl (C=O) groups is 1. The number of benzene rings is 2. The predicted octanol–water partition coefficient (Wildman–Crippen LogP) is 1.97. The molecule has 0 saturated heterocycles. The first-order valence-corrected chi connectivity index (χ1v) is 12.9. The van der Waals surface area contributed by atoms with Crippen molar-refractivity contribution in [3.05, 3.63) is 59.5 Å². The molecular formula is C24H28N4O8S. The lowest BCUT2D eigenvalue weighted by Gasteiger charge is -2.21. The monoisotopic (exact) mass is 532 g/mol. The maximum atomic E-state index is 13.0. The summed E-state index contributed by atoms with van der Waals surface area (Å²) in [6, 6.07) is 11.0. The maximum Gasteiger partial charge on any atom is 0.322 e. The van der Waals surface area contributed by atoms with Crippen LogP contribution in [0.15, 0.2) is 51.8 Å². The van der Waals surface area contributed by atoms with Gasteiger partial charge in [-0.3, -0.25) is 10.1 Å². The van der Waals surface area contributed by atoms with Gasteiger partial charge in [-0.05, 0) is 42.0 Å². The molecule has 2 heterocycles. The van der Waals surface area contributed by atoms with Gasteiger partial charge in [-0.1, -0.05) is 11.2 Å². The number of methoxy groups -OCH3 is 2. The van der Waals surface area contributed by atoms with Crippen molar-refractivity contribution in [1.29, 1.82) is 0 Å². The quantitative estimate of drug-likeness (QED) is 0.368. The molecule has 12 nitrogen and oxygen atoms in total. The second kappa shape index (κ2) is 12.1. The summed E-state index contributed by atoms with van der Waals surface area (Å²) in [5, 5.41) is 10.4. The molecule has 4 rings (SSSR count). The van der Waals surface area contributed by atoms with Crippen LogP contribution in [0.25, 0.3) is 0 Å². The number of nitrogens with zero attached hydrogens (tertiary/aromatic N) is 3. The Morgan fingerprint density at radius 1 is 0.973 bits per heavy atom. The average Bonchev–Trinajstić information content (AvgIpc) is 3.35. The van der Waals surface area contributed by atoms with Crippen LogP contribution in [0.2, 0.25) is 0 Å². The van der Waals surface area contributed by atoms with Gasteiger partial charge < -0.3 is 23.4 Å². The molecule has 1 aromatic heterocycles. The van der Waals surface area contributed by atoms with Crippen LogP contribution < -0.4 is 14.8 Å². The van der Waals surface area contributed by atoms with Gasteiger partial charge in [0, 0.05) is 32.9 Å². The molecule has 0 fully saturated rings. The minimum atomic E-state index is -3.80. The molecule has 198 valence electrons. The molecular weight excluding hydrogens is 504 g/mol. The van der Waals surface area contributed by atoms with E-state index in [9.17, 15) is 13.2 Å². The highest BCUT2D eigenvalue weighted by Gasteiger charge is 2.24. The van der Waals surface area contributed by atoms with E-state index >= 15 is 0 Å². The standard InChI is InChI=1S/C24H28N4O8S/c1-32-11-9-28(10-12-33-2)37(30,31)19-6-4-18(5-7-19)23(29)25-24-27-26-22(36-24)16-17-3-8-20-21(15-17)35-14-13-34-20/h3-8,15H,9-14,16H2,1-2H3,(H,25,27,29). The van der Waals surface area contributed by atoms with E-state index in [-0.39, 0.29) is 42.8 Å². The van der Waals surface area contributed by atoms with Gasteiger partial charge >= 0.3 is 6.01 Å². The van der Waals surface area contributed by atoms with Gasteiger partial charge in [-0.2, -0.15) is 4.31 Å². The van der Waals surface area contributed by atoms with Crippen LogP contribution in [0.4, 0.5) is 6.01 Å². The van der Waals surface area contributed by atoms with Crippen LogP contribution in [0.3, 0.4) is 0 Å². The number of amides is 1. The number of sulfonamides is 1. The fraction of sp³-hybridized carbons (Fsp3) is 0.375. The Morgan fingerprint density at radius 3 is 2.32 bits per heavy atom. The summed E-state index contributed by atoms with van der Waals surface area (Å²) < 4.78 is 54.0. The van der Waals surface area contributed by atoms with E-state index in [1.54, 1.807) is 0 Å². The van der Waals surface area contributed by atoms with Crippen molar-refractivity contribution in [2.45, 2.75) is 11.3 Å². The first kappa shape index (κ1) is 26.5. The molecule has 37 heavy (non-hydrogen) atoms. The summed E-state index contributed by atoms with van der Waals surface area (Å²) in [5.41, 5.74) is 1.11. The lowest BCUT2D eigenvalue weighted by Crippen LogP contribution is -2.36. The van der Waals surface area contributed by atoms with Crippen molar-refractivity contribution in [3.8, 4) is 11.5 Å². The number of nitrogens with one attached hydrogen (secondary N) is 1. The van der Waals surface area contributed by atoms with Crippen LogP contribution in [0.1, 0.15) is 21.8 Å². The van der Waals surface area contributed by atoms with Gasteiger partial charge in [0.2, 0.25) is 15.9 Å². The highest BCUT2D eigenvalue weighted by Crippen LogP contribution is 2.31. The largest absolute Gasteiger partial charge is 0.486 e. The molecule has 0 aliphatic carbocycles. The number of aromatic nitrogens is 2. The summed E-state index contributed by atoms with van der Waals surface area (Å²) in [7, 11) is -0.797. The molecule has 0 saturated carbocycles. The fourth-order valence-electron chi connectivity index (χ4n) is 3.58. The van der Waals surface area contributed by atoms with Crippen LogP contribution in [0, 0.1) is 0 Å². The SMILES string of the molecule is COCCN(CCOC)S(=O)(=O)c1ccc(C(=O)Nc2nnc(Cc3ccc4c(c3)OCCO4)o2)cc1. The zero-order valence-electron chi connectivity index (χ0n) is 20.5. The van der Waals surface area contributed by atoms with E-state index < -0.39 is 15.9 Å². The number of rotatable bonds is 12. The number of carbonyl (C=O) groups excluding carboxylic acids is 1. The Bertz CT molecular complexity index is 1300. The van der Waals surface area contributed by atoms with Crippen molar-refractivity contribution < 1.29 is 36.6 Å². The Balaban J connectivity index is 1.39. The first-order valence-electron chi connectivity index (χ1n) is 11.5. The molecule has 1 aliphatic heterocycles. The second-order valence-electron chi connectivity index (χ2n) is 8.02. The van der Waals surface area contributed by atoms with E-state index in [0.29, 0.717) is 37.0 Å². The van der Waals surface area contributed by atoms with E-state index in [1.807, 2.05) is 18.2 Å². The van der Waals surface area contributed by atoms with Crippen LogP contribution in [-0.4, -0.2) is 82.6 Å². The summed E-state index contributed by atoms with van der Waals surface area (Å²) in [4.78, 5) is 12.7. The Labute approximate surface area is 214 Å². The van der Waals surface area contributed by atoms with Gasteiger partial charge in [-0.25, -0.2) is 8.42 Å². The zero-order chi connectivity index (χ0) is 26.3. The summed E-state index contributed by atoms with van der Waals surface area (Å²) >= 11 is 0. The molecule has 1 aliphatic rings. The number of ether oxygens (including phenoxy) is 4. The molecule has 0 atom stereocenters. The molecule has 1 amide bonds. The molecule has 1 N–H and O–H groups in total. The van der Waals surface area contributed by atoms with Gasteiger partial charge in [-0.15, -0.1) is 5.10 Å². The second-order valence-corrected chi connectivity index (χ2v) is 9.96. The van der Waals surface area contributed by atoms with Crippen LogP contribution >= 0.6 is 0 Å². The topological polar surface area (TPSA) is 142 Å². The van der Waals surface area contributed by atoms with Crippen LogP contribution in [0.5, 0.6) is 11.5 Å². The van der Waals surface area contributed by atoms with E-state index in [2.05, 4.69) is 15.5 Å². The van der Waals surface area contributed by atoms with E-state index in [0.717, 1.165) is 5.56 Å². The highest BCUT2D eigenvalue weighted by molar-refractivity contribution is 7.89. The summed E-state index contributed by atoms with van der Waals surface area (Å²) in [6.07, 6.45) is 0.342. The van der Waals surface area contributed by atoms with Gasteiger partial charge in [0.15, 0.2) is 11.5 Å². The Hall–Kier alpha value is -3.52. The molecule has 0 unspecified atom stereocenters. The first-order chi connectivity index (χ1) is 17.9. The summed E-state index contributed by atoms with van der Waals surface area (Å²) in [5.74, 6) is 1.13. The lowest BCUT2D eigenvalue weighted by molar-refractivity contribution is 0.102. The third-order valence-electron chi connectivity index (χ3n) is 5.49. The number of fused-ring (bicyclic) bond motifs is 1. The third kappa shape index (κ3) is 6.63. The van der Waals surface area contributed by atoms with Gasteiger partial charge in [0.25, 0.3) is 5.91 Å². The fourth-order valence-corrected chi connectivity index (χ4v) is 4.99. The molecule has 0 bridgehead atoms. The highest BCUT2D eigenvalue weighted by atomic mass is 32.2. The third-order valence-corrected chi connectivity index (χ3v) is 7.41. The molecule has 2 aromatic carbocycles. The predicted molar refractivity (Wildman–Crippen MR) is 131 cm³/mol. The van der Waals surface area contributed by atoms with Gasteiger partial charge in [0.1, 0.15) is 13.2 Å². The average molecular weight is 533 g/mol. The Morgan fingerprint density at radius 2 is 1.65 bits per heavy atom. The zero-order valence-corrected chi connectivity index (χ0v) is 21.3. The lowest BCUT2D eigenvalue weighted by atomic mass is 10.1. The molecule has 13 heteroatoms. The van der Waals surface area contributed by atoms with Crippen molar-refractivity contribution >= 4 is 21.9 Å².